The molecule has 0 spiro atoms. The molecule has 1 aromatic heterocycles. The van der Waals surface area contributed by atoms with Gasteiger partial charge in [0.1, 0.15) is 17.9 Å². The summed E-state index contributed by atoms with van der Waals surface area (Å²) in [7, 11) is 2.03. The van der Waals surface area contributed by atoms with E-state index in [1.165, 1.54) is 0 Å². The molecule has 0 aliphatic carbocycles. The largest absolute Gasteiger partial charge is 0.476 e. The Morgan fingerprint density at radius 1 is 1.18 bits per heavy atom. The molecule has 3 atom stereocenters. The number of ether oxygens (including phenoxy) is 2. The predicted molar refractivity (Wildman–Crippen MR) is 124 cm³/mol. The van der Waals surface area contributed by atoms with Crippen molar-refractivity contribution in [3.63, 3.8) is 0 Å². The summed E-state index contributed by atoms with van der Waals surface area (Å²) in [6, 6.07) is -0.146. The number of aromatic nitrogens is 2. The average molecular weight is 465 g/mol. The van der Waals surface area contributed by atoms with Crippen molar-refractivity contribution in [2.24, 2.45) is 0 Å². The second-order valence-electron chi connectivity index (χ2n) is 9.98. The Kier molecular flexibility index (Phi) is 7.20. The van der Waals surface area contributed by atoms with Crippen LogP contribution in [-0.2, 0) is 4.74 Å². The number of amides is 1. The first-order valence-electron chi connectivity index (χ1n) is 11.4. The van der Waals surface area contributed by atoms with Crippen LogP contribution >= 0.6 is 0 Å². The van der Waals surface area contributed by atoms with Gasteiger partial charge in [-0.2, -0.15) is 9.97 Å². The first-order valence-corrected chi connectivity index (χ1v) is 11.4. The number of aromatic carboxylic acids is 1. The number of nitrogens with two attached hydrogens (primary N) is 1. The lowest BCUT2D eigenvalue weighted by molar-refractivity contribution is 0.0192. The molecule has 0 radical (unpaired) electrons. The highest BCUT2D eigenvalue weighted by Crippen LogP contribution is 2.32. The van der Waals surface area contributed by atoms with E-state index in [2.05, 4.69) is 14.9 Å². The highest BCUT2D eigenvalue weighted by molar-refractivity contribution is 5.94. The van der Waals surface area contributed by atoms with Gasteiger partial charge in [0, 0.05) is 31.2 Å². The van der Waals surface area contributed by atoms with E-state index in [0.717, 1.165) is 19.4 Å². The van der Waals surface area contributed by atoms with E-state index in [9.17, 15) is 14.7 Å². The molecule has 0 bridgehead atoms. The highest BCUT2D eigenvalue weighted by Gasteiger charge is 2.37. The minimum atomic E-state index is -1.24. The number of carbonyl (C=O) groups is 2. The second-order valence-corrected chi connectivity index (χ2v) is 9.98. The number of nitrogen functional groups attached to an aromatic ring is 1. The first kappa shape index (κ1) is 24.8. The van der Waals surface area contributed by atoms with Crippen molar-refractivity contribution in [3.05, 3.63) is 5.69 Å². The van der Waals surface area contributed by atoms with Crippen molar-refractivity contribution in [2.45, 2.75) is 71.2 Å². The lowest BCUT2D eigenvalue weighted by Gasteiger charge is -2.45. The molecule has 0 saturated carbocycles. The van der Waals surface area contributed by atoms with Crippen LogP contribution < -0.4 is 15.4 Å². The molecule has 2 aliphatic rings. The van der Waals surface area contributed by atoms with Crippen LogP contribution in [0, 0.1) is 0 Å². The zero-order valence-electron chi connectivity index (χ0n) is 20.4. The number of likely N-dealkylation sites (tertiary alicyclic amines) is 1. The van der Waals surface area contributed by atoms with E-state index in [4.69, 9.17) is 15.2 Å². The van der Waals surface area contributed by atoms with Crippen LogP contribution in [0.1, 0.15) is 57.9 Å². The Labute approximate surface area is 194 Å². The monoisotopic (exact) mass is 464 g/mol. The third-order valence-electron chi connectivity index (χ3n) is 6.00. The molecule has 11 nitrogen and oxygen atoms in total. The topological polar surface area (TPSA) is 134 Å². The molecule has 0 aromatic carbocycles. The summed E-state index contributed by atoms with van der Waals surface area (Å²) in [5.74, 6) is -0.937. The van der Waals surface area contributed by atoms with Gasteiger partial charge in [0.05, 0.1) is 0 Å². The zero-order chi connectivity index (χ0) is 24.5. The lowest BCUT2D eigenvalue weighted by atomic mass is 10.1. The molecular weight excluding hydrogens is 428 g/mol. The predicted octanol–water partition coefficient (Wildman–Crippen LogP) is 2.06. The quantitative estimate of drug-likeness (QED) is 0.667. The summed E-state index contributed by atoms with van der Waals surface area (Å²) in [6.45, 7) is 11.5. The molecule has 3 heterocycles. The number of carboxylic acids is 1. The summed E-state index contributed by atoms with van der Waals surface area (Å²) < 4.78 is 11.3. The summed E-state index contributed by atoms with van der Waals surface area (Å²) in [5.41, 5.74) is 5.32. The lowest BCUT2D eigenvalue weighted by Crippen LogP contribution is -2.59. The number of nitrogens with zero attached hydrogens (tertiary/aromatic N) is 5. The van der Waals surface area contributed by atoms with Crippen LogP contribution in [-0.4, -0.2) is 94.0 Å². The van der Waals surface area contributed by atoms with E-state index < -0.39 is 11.6 Å². The van der Waals surface area contributed by atoms with Crippen LogP contribution in [0.3, 0.4) is 0 Å². The molecular formula is C22H36N6O5. The Morgan fingerprint density at radius 2 is 1.82 bits per heavy atom. The molecule has 184 valence electrons. The molecule has 3 rings (SSSR count). The summed E-state index contributed by atoms with van der Waals surface area (Å²) in [6.07, 6.45) is 1.72. The van der Waals surface area contributed by atoms with Gasteiger partial charge < -0.3 is 35.0 Å². The van der Waals surface area contributed by atoms with Crippen LogP contribution in [0.25, 0.3) is 0 Å². The minimum absolute atomic E-state index is 0.00845. The first-order chi connectivity index (χ1) is 15.4. The van der Waals surface area contributed by atoms with E-state index in [-0.39, 0.29) is 41.6 Å². The Morgan fingerprint density at radius 3 is 2.33 bits per heavy atom. The number of rotatable bonds is 5. The van der Waals surface area contributed by atoms with Gasteiger partial charge in [-0.3, -0.25) is 0 Å². The van der Waals surface area contributed by atoms with Gasteiger partial charge in [0.25, 0.3) is 0 Å². The van der Waals surface area contributed by atoms with Gasteiger partial charge in [0.2, 0.25) is 0 Å². The van der Waals surface area contributed by atoms with Gasteiger partial charge in [0.15, 0.2) is 11.5 Å². The van der Waals surface area contributed by atoms with Crippen molar-refractivity contribution < 1.29 is 24.2 Å². The van der Waals surface area contributed by atoms with Crippen molar-refractivity contribution in [1.29, 1.82) is 0 Å². The fourth-order valence-electron chi connectivity index (χ4n) is 4.44. The highest BCUT2D eigenvalue weighted by atomic mass is 16.6. The SMILES string of the molecule is C[C@H]1CN(C(=O)OC(C)(C)C)C[C@H](C)N1c1nc(OCC2CCCN2C)nc(C(=O)O)c1N. The van der Waals surface area contributed by atoms with Gasteiger partial charge in [-0.1, -0.05) is 0 Å². The van der Waals surface area contributed by atoms with E-state index in [0.29, 0.717) is 25.5 Å². The third kappa shape index (κ3) is 5.76. The van der Waals surface area contributed by atoms with Crippen molar-refractivity contribution in [1.82, 2.24) is 19.8 Å². The van der Waals surface area contributed by atoms with Crippen LogP contribution in [0.4, 0.5) is 16.3 Å². The fraction of sp³-hybridized carbons (Fsp3) is 0.727. The van der Waals surface area contributed by atoms with Gasteiger partial charge >= 0.3 is 18.1 Å². The summed E-state index contributed by atoms with van der Waals surface area (Å²) in [5, 5.41) is 9.67. The fourth-order valence-corrected chi connectivity index (χ4v) is 4.44. The number of likely N-dealkylation sites (N-methyl/N-ethyl adjacent to an activating group) is 1. The molecule has 2 fully saturated rings. The van der Waals surface area contributed by atoms with Gasteiger partial charge in [-0.05, 0) is 61.1 Å². The van der Waals surface area contributed by atoms with Gasteiger partial charge in [-0.25, -0.2) is 9.59 Å². The number of carbonyl (C=O) groups excluding carboxylic acids is 1. The van der Waals surface area contributed by atoms with Crippen molar-refractivity contribution >= 4 is 23.6 Å². The van der Waals surface area contributed by atoms with Crippen LogP contribution in [0.5, 0.6) is 6.01 Å². The minimum Gasteiger partial charge on any atom is -0.476 e. The summed E-state index contributed by atoms with van der Waals surface area (Å²) >= 11 is 0. The standard InChI is InChI=1S/C22H36N6O5/c1-13-10-27(21(31)33-22(3,4)5)11-14(2)28(13)18-16(23)17(19(29)30)24-20(25-18)32-12-15-8-7-9-26(15)6/h13-15H,7-12,23H2,1-6H3,(H,29,30)/t13-,14-,15?/m0/s1. The normalized spacial score (nSPS) is 24.1. The van der Waals surface area contributed by atoms with Crippen LogP contribution in [0.2, 0.25) is 0 Å². The number of carboxylic acid groups (broad SMARTS) is 1. The zero-order valence-corrected chi connectivity index (χ0v) is 20.4. The molecule has 2 saturated heterocycles. The maximum Gasteiger partial charge on any atom is 0.410 e. The average Bonchev–Trinajstić information content (AvgIpc) is 3.10. The number of hydrogen-bond donors (Lipinski definition) is 2. The smallest absolute Gasteiger partial charge is 0.410 e. The number of anilines is 2. The number of hydrogen-bond acceptors (Lipinski definition) is 9. The summed E-state index contributed by atoms with van der Waals surface area (Å²) in [4.78, 5) is 38.8. The Bertz CT molecular complexity index is 877. The van der Waals surface area contributed by atoms with E-state index >= 15 is 0 Å². The molecule has 33 heavy (non-hydrogen) atoms. The molecule has 11 heteroatoms. The molecule has 2 aliphatic heterocycles. The Hall–Kier alpha value is -2.82. The van der Waals surface area contributed by atoms with Crippen molar-refractivity contribution in [3.8, 4) is 6.01 Å². The second kappa shape index (κ2) is 9.58. The Balaban J connectivity index is 1.84. The number of piperazine rings is 1. The molecule has 1 unspecified atom stereocenters. The molecule has 1 amide bonds. The van der Waals surface area contributed by atoms with Gasteiger partial charge in [-0.15, -0.1) is 0 Å². The maximum absolute atomic E-state index is 12.6. The van der Waals surface area contributed by atoms with E-state index in [1.54, 1.807) is 4.90 Å². The maximum atomic E-state index is 12.6. The molecule has 1 aromatic rings. The van der Waals surface area contributed by atoms with Crippen molar-refractivity contribution in [2.75, 3.05) is 43.9 Å². The van der Waals surface area contributed by atoms with Crippen LogP contribution in [0.15, 0.2) is 0 Å². The third-order valence-corrected chi connectivity index (χ3v) is 6.00. The molecule has 3 N–H and O–H groups in total. The van der Waals surface area contributed by atoms with E-state index in [1.807, 2.05) is 46.6 Å².